The van der Waals surface area contributed by atoms with E-state index in [1.807, 2.05) is 4.90 Å². The predicted molar refractivity (Wildman–Crippen MR) is 111 cm³/mol. The molecule has 0 radical (unpaired) electrons. The van der Waals surface area contributed by atoms with Crippen molar-refractivity contribution >= 4 is 45.2 Å². The number of nitrogens with one attached hydrogen (secondary N) is 1. The molecule has 3 atom stereocenters. The van der Waals surface area contributed by atoms with Gasteiger partial charge in [0.05, 0.1) is 5.69 Å². The van der Waals surface area contributed by atoms with Gasteiger partial charge < -0.3 is 10.2 Å². The first kappa shape index (κ1) is 19.3. The molecular formula is C17H28IN5OS. The van der Waals surface area contributed by atoms with Crippen LogP contribution < -0.4 is 5.32 Å². The summed E-state index contributed by atoms with van der Waals surface area (Å²) in [6, 6.07) is 1.25. The summed E-state index contributed by atoms with van der Waals surface area (Å²) in [7, 11) is 0. The van der Waals surface area contributed by atoms with Crippen LogP contribution in [-0.4, -0.2) is 68.1 Å². The molecule has 1 aromatic rings. The van der Waals surface area contributed by atoms with Crippen LogP contribution in [0.1, 0.15) is 39.3 Å². The summed E-state index contributed by atoms with van der Waals surface area (Å²) >= 11 is 4.13. The van der Waals surface area contributed by atoms with E-state index in [1.54, 1.807) is 18.3 Å². The van der Waals surface area contributed by atoms with Gasteiger partial charge in [-0.05, 0) is 26.7 Å². The second-order valence-electron chi connectivity index (χ2n) is 7.24. The molecule has 2 aliphatic heterocycles. The molecule has 2 saturated heterocycles. The SMILES string of the molecule is CC(=O)N1CC(C)N(Cc2csc(NCC3CCCN3I)n2)CC1C. The third-order valence-electron chi connectivity index (χ3n) is 5.23. The zero-order valence-corrected chi connectivity index (χ0v) is 18.2. The van der Waals surface area contributed by atoms with Gasteiger partial charge in [-0.3, -0.25) is 9.69 Å². The first-order valence-electron chi connectivity index (χ1n) is 9.06. The van der Waals surface area contributed by atoms with Crippen molar-refractivity contribution in [2.24, 2.45) is 0 Å². The molecule has 3 unspecified atom stereocenters. The minimum Gasteiger partial charge on any atom is -0.360 e. The zero-order valence-electron chi connectivity index (χ0n) is 15.2. The number of piperazine rings is 1. The standard InChI is InChI=1S/C17H28IN5OS/c1-12-9-22(14(3)24)13(2)8-21(12)10-15-11-25-17(20-15)19-7-16-5-4-6-23(16)18/h11-13,16H,4-10H2,1-3H3,(H,19,20). The van der Waals surface area contributed by atoms with Crippen LogP contribution in [0.4, 0.5) is 5.13 Å². The Balaban J connectivity index is 1.52. The fourth-order valence-corrected chi connectivity index (χ4v) is 5.26. The molecule has 1 aromatic heterocycles. The van der Waals surface area contributed by atoms with Crippen molar-refractivity contribution in [3.8, 4) is 0 Å². The van der Waals surface area contributed by atoms with E-state index in [1.165, 1.54) is 19.4 Å². The Morgan fingerprint density at radius 2 is 2.20 bits per heavy atom. The van der Waals surface area contributed by atoms with Crippen molar-refractivity contribution in [3.05, 3.63) is 11.1 Å². The van der Waals surface area contributed by atoms with Crippen LogP contribution in [0.25, 0.3) is 0 Å². The number of anilines is 1. The molecule has 25 heavy (non-hydrogen) atoms. The van der Waals surface area contributed by atoms with E-state index in [9.17, 15) is 4.79 Å². The van der Waals surface area contributed by atoms with Crippen molar-refractivity contribution in [2.75, 3.05) is 31.5 Å². The van der Waals surface area contributed by atoms with Crippen molar-refractivity contribution in [1.82, 2.24) is 17.9 Å². The molecule has 1 N–H and O–H groups in total. The van der Waals surface area contributed by atoms with Crippen LogP contribution in [0.2, 0.25) is 0 Å². The number of carbonyl (C=O) groups excluding carboxylic acids is 1. The Bertz CT molecular complexity index is 597. The van der Waals surface area contributed by atoms with Crippen LogP contribution >= 0.6 is 34.2 Å². The average molecular weight is 477 g/mol. The third-order valence-corrected chi connectivity index (χ3v) is 7.35. The van der Waals surface area contributed by atoms with Crippen molar-refractivity contribution in [2.45, 2.75) is 58.3 Å². The number of carbonyl (C=O) groups is 1. The molecule has 0 bridgehead atoms. The number of hydrogen-bond donors (Lipinski definition) is 1. The van der Waals surface area contributed by atoms with Gasteiger partial charge in [-0.25, -0.2) is 8.10 Å². The maximum absolute atomic E-state index is 11.7. The summed E-state index contributed by atoms with van der Waals surface area (Å²) in [5, 5.41) is 6.69. The highest BCUT2D eigenvalue weighted by Crippen LogP contribution is 2.24. The number of thiazole rings is 1. The van der Waals surface area contributed by atoms with Gasteiger partial charge in [0.25, 0.3) is 0 Å². The van der Waals surface area contributed by atoms with Crippen LogP contribution in [-0.2, 0) is 11.3 Å². The van der Waals surface area contributed by atoms with Crippen molar-refractivity contribution in [1.29, 1.82) is 0 Å². The van der Waals surface area contributed by atoms with Gasteiger partial charge in [-0.2, -0.15) is 0 Å². The highest BCUT2D eigenvalue weighted by molar-refractivity contribution is 14.1. The van der Waals surface area contributed by atoms with Gasteiger partial charge in [-0.1, -0.05) is 0 Å². The molecule has 0 saturated carbocycles. The minimum absolute atomic E-state index is 0.176. The smallest absolute Gasteiger partial charge is 0.219 e. The summed E-state index contributed by atoms with van der Waals surface area (Å²) in [5.74, 6) is 0.176. The predicted octanol–water partition coefficient (Wildman–Crippen LogP) is 2.81. The number of nitrogens with zero attached hydrogens (tertiary/aromatic N) is 4. The van der Waals surface area contributed by atoms with Gasteiger partial charge in [0.1, 0.15) is 0 Å². The lowest BCUT2D eigenvalue weighted by Crippen LogP contribution is -2.57. The molecule has 1 amide bonds. The summed E-state index contributed by atoms with van der Waals surface area (Å²) < 4.78 is 2.40. The van der Waals surface area contributed by atoms with E-state index >= 15 is 0 Å². The monoisotopic (exact) mass is 477 g/mol. The van der Waals surface area contributed by atoms with Gasteiger partial charge in [-0.15, -0.1) is 11.3 Å². The maximum atomic E-state index is 11.7. The molecule has 6 nitrogen and oxygen atoms in total. The number of amides is 1. The Hall–Kier alpha value is -0.450. The molecule has 140 valence electrons. The second kappa shape index (κ2) is 8.49. The highest BCUT2D eigenvalue weighted by Gasteiger charge is 2.30. The van der Waals surface area contributed by atoms with E-state index in [-0.39, 0.29) is 11.9 Å². The van der Waals surface area contributed by atoms with Crippen molar-refractivity contribution in [3.63, 3.8) is 0 Å². The van der Waals surface area contributed by atoms with Gasteiger partial charge in [0.2, 0.25) is 5.91 Å². The largest absolute Gasteiger partial charge is 0.360 e. The molecular weight excluding hydrogens is 449 g/mol. The van der Waals surface area contributed by atoms with E-state index in [2.05, 4.69) is 55.4 Å². The van der Waals surface area contributed by atoms with E-state index < -0.39 is 0 Å². The van der Waals surface area contributed by atoms with Crippen LogP contribution in [0.3, 0.4) is 0 Å². The lowest BCUT2D eigenvalue weighted by atomic mass is 10.1. The number of rotatable bonds is 5. The van der Waals surface area contributed by atoms with E-state index in [0.717, 1.165) is 37.0 Å². The summed E-state index contributed by atoms with van der Waals surface area (Å²) in [6.45, 7) is 10.7. The highest BCUT2D eigenvalue weighted by atomic mass is 127. The van der Waals surface area contributed by atoms with Gasteiger partial charge >= 0.3 is 0 Å². The molecule has 2 fully saturated rings. The molecule has 0 aliphatic carbocycles. The third kappa shape index (κ3) is 4.84. The van der Waals surface area contributed by atoms with Gasteiger partial charge in [0, 0.05) is 86.0 Å². The summed E-state index contributed by atoms with van der Waals surface area (Å²) in [4.78, 5) is 20.9. The normalized spacial score (nSPS) is 28.5. The Labute approximate surface area is 168 Å². The zero-order chi connectivity index (χ0) is 18.0. The number of halogens is 1. The van der Waals surface area contributed by atoms with E-state index in [4.69, 9.17) is 4.98 Å². The van der Waals surface area contributed by atoms with Crippen LogP contribution in [0.15, 0.2) is 5.38 Å². The molecule has 8 heteroatoms. The van der Waals surface area contributed by atoms with E-state index in [0.29, 0.717) is 12.1 Å². The molecule has 0 aromatic carbocycles. The lowest BCUT2D eigenvalue weighted by molar-refractivity contribution is -0.134. The molecule has 3 heterocycles. The van der Waals surface area contributed by atoms with Gasteiger partial charge in [0.15, 0.2) is 5.13 Å². The van der Waals surface area contributed by atoms with Crippen LogP contribution in [0.5, 0.6) is 0 Å². The average Bonchev–Trinajstić information content (AvgIpc) is 3.17. The van der Waals surface area contributed by atoms with Crippen LogP contribution in [0, 0.1) is 0 Å². The second-order valence-corrected chi connectivity index (χ2v) is 9.34. The molecule has 3 rings (SSSR count). The number of aromatic nitrogens is 1. The quantitative estimate of drug-likeness (QED) is 0.522. The maximum Gasteiger partial charge on any atom is 0.219 e. The molecule has 0 spiro atoms. The fraction of sp³-hybridized carbons (Fsp3) is 0.765. The Morgan fingerprint density at radius 3 is 2.88 bits per heavy atom. The molecule has 2 aliphatic rings. The summed E-state index contributed by atoms with van der Waals surface area (Å²) in [5.41, 5.74) is 1.13. The number of hydrogen-bond acceptors (Lipinski definition) is 6. The Kier molecular flexibility index (Phi) is 6.56. The lowest BCUT2D eigenvalue weighted by Gasteiger charge is -2.43. The topological polar surface area (TPSA) is 51.7 Å². The first-order chi connectivity index (χ1) is 11.9. The fourth-order valence-electron chi connectivity index (χ4n) is 3.73. The first-order valence-corrected chi connectivity index (χ1v) is 10.9. The Morgan fingerprint density at radius 1 is 1.40 bits per heavy atom. The summed E-state index contributed by atoms with van der Waals surface area (Å²) in [6.07, 6.45) is 2.56. The minimum atomic E-state index is 0.176. The van der Waals surface area contributed by atoms with Crippen molar-refractivity contribution < 1.29 is 4.79 Å².